The average Bonchev–Trinajstić information content (AvgIpc) is 2.98. The number of hydrogen-bond donors (Lipinski definition) is 0. The predicted molar refractivity (Wildman–Crippen MR) is 155 cm³/mol. The summed E-state index contributed by atoms with van der Waals surface area (Å²) in [5.74, 6) is -3.02. The minimum atomic E-state index is -5.03. The van der Waals surface area contributed by atoms with Crippen LogP contribution in [0.25, 0.3) is 28.2 Å². The van der Waals surface area contributed by atoms with Crippen LogP contribution in [0, 0.1) is 0 Å². The Hall–Kier alpha value is -5.11. The predicted octanol–water partition coefficient (Wildman–Crippen LogP) is 9.01. The molecule has 0 aliphatic rings. The van der Waals surface area contributed by atoms with Crippen LogP contribution in [-0.4, -0.2) is 5.97 Å². The van der Waals surface area contributed by atoms with E-state index in [0.717, 1.165) is 28.3 Å². The molecular weight excluding hydrogens is 545 g/mol. The van der Waals surface area contributed by atoms with Gasteiger partial charge in [0.25, 0.3) is 5.76 Å². The summed E-state index contributed by atoms with van der Waals surface area (Å²) in [6, 6.07) is 26.9. The second-order valence-electron chi connectivity index (χ2n) is 9.81. The summed E-state index contributed by atoms with van der Waals surface area (Å²) >= 11 is 0. The summed E-state index contributed by atoms with van der Waals surface area (Å²) < 4.78 is 57.7. The molecule has 0 spiro atoms. The maximum Gasteiger partial charge on any atom is 0.453 e. The highest BCUT2D eigenvalue weighted by Crippen LogP contribution is 2.39. The fourth-order valence-electron chi connectivity index (χ4n) is 4.27. The van der Waals surface area contributed by atoms with Gasteiger partial charge in [0, 0.05) is 12.1 Å². The Kier molecular flexibility index (Phi) is 7.97. The van der Waals surface area contributed by atoms with Gasteiger partial charge in [0.15, 0.2) is 0 Å². The molecule has 0 bridgehead atoms. The van der Waals surface area contributed by atoms with Crippen LogP contribution in [0.2, 0.25) is 0 Å². The molecule has 42 heavy (non-hydrogen) atoms. The smallest absolute Gasteiger partial charge is 0.449 e. The van der Waals surface area contributed by atoms with Crippen molar-refractivity contribution in [3.8, 4) is 28.4 Å². The minimum Gasteiger partial charge on any atom is -0.449 e. The van der Waals surface area contributed by atoms with E-state index >= 15 is 0 Å². The lowest BCUT2D eigenvalue weighted by Gasteiger charge is -2.14. The highest BCUT2D eigenvalue weighted by Gasteiger charge is 2.40. The Morgan fingerprint density at radius 2 is 1.48 bits per heavy atom. The van der Waals surface area contributed by atoms with Gasteiger partial charge in [-0.2, -0.15) is 13.2 Å². The Morgan fingerprint density at radius 1 is 0.833 bits per heavy atom. The third-order valence-electron chi connectivity index (χ3n) is 6.49. The van der Waals surface area contributed by atoms with Crippen molar-refractivity contribution >= 4 is 23.0 Å². The van der Waals surface area contributed by atoms with Gasteiger partial charge in [-0.05, 0) is 58.5 Å². The van der Waals surface area contributed by atoms with E-state index in [0.29, 0.717) is 5.92 Å². The van der Waals surface area contributed by atoms with E-state index < -0.39 is 34.7 Å². The fraction of sp³-hybridized carbons (Fsp3) is 0.118. The molecule has 0 saturated heterocycles. The lowest BCUT2D eigenvalue weighted by Crippen LogP contribution is -2.15. The molecule has 0 unspecified atom stereocenters. The van der Waals surface area contributed by atoms with Crippen LogP contribution in [0.4, 0.5) is 13.2 Å². The third kappa shape index (κ3) is 6.44. The van der Waals surface area contributed by atoms with E-state index in [1.54, 1.807) is 18.2 Å². The molecule has 0 radical (unpaired) electrons. The number of esters is 1. The van der Waals surface area contributed by atoms with E-state index in [2.05, 4.69) is 13.8 Å². The van der Waals surface area contributed by atoms with Gasteiger partial charge in [-0.1, -0.05) is 80.6 Å². The van der Waals surface area contributed by atoms with Crippen molar-refractivity contribution in [1.82, 2.24) is 0 Å². The van der Waals surface area contributed by atoms with E-state index in [1.165, 1.54) is 30.3 Å². The van der Waals surface area contributed by atoms with Gasteiger partial charge in [-0.3, -0.25) is 4.79 Å². The van der Waals surface area contributed by atoms with Gasteiger partial charge < -0.3 is 13.9 Å². The normalized spacial score (nSPS) is 11.8. The van der Waals surface area contributed by atoms with E-state index in [4.69, 9.17) is 13.9 Å². The Balaban J connectivity index is 1.39. The Labute approximate surface area is 239 Å². The first kappa shape index (κ1) is 28.4. The molecule has 0 fully saturated rings. The van der Waals surface area contributed by atoms with Crippen molar-refractivity contribution in [1.29, 1.82) is 0 Å². The zero-order valence-electron chi connectivity index (χ0n) is 22.6. The molecule has 0 amide bonds. The number of carbonyl (C=O) groups excluding carboxylic acids is 1. The molecule has 0 atom stereocenters. The van der Waals surface area contributed by atoms with Crippen LogP contribution >= 0.6 is 0 Å². The summed E-state index contributed by atoms with van der Waals surface area (Å²) in [6.07, 6.45) is -2.27. The zero-order chi connectivity index (χ0) is 29.9. The van der Waals surface area contributed by atoms with Crippen LogP contribution in [0.1, 0.15) is 36.7 Å². The number of fused-ring (bicyclic) bond motifs is 1. The van der Waals surface area contributed by atoms with Gasteiger partial charge in [0.2, 0.25) is 11.2 Å². The van der Waals surface area contributed by atoms with E-state index in [-0.39, 0.29) is 16.9 Å². The summed E-state index contributed by atoms with van der Waals surface area (Å²) in [6.45, 7) is 4.15. The molecular formula is C34H25F3O5. The lowest BCUT2D eigenvalue weighted by molar-refractivity contribution is -0.154. The van der Waals surface area contributed by atoms with Crippen LogP contribution in [0.15, 0.2) is 112 Å². The molecule has 0 aliphatic carbocycles. The standard InChI is InChI=1S/C34H25F3O5/c1-21(2)23-11-8-22(9-12-23)10-19-30(38)40-27-17-18-28-29(20-27)42-33(34(35,36)37)32(31(28)39)41-26-15-13-25(14-16-26)24-6-4-3-5-7-24/h3-21H,1-2H3/b19-10+. The van der Waals surface area contributed by atoms with Crippen LogP contribution in [0.5, 0.6) is 17.2 Å². The molecule has 0 saturated carbocycles. The zero-order valence-corrected chi connectivity index (χ0v) is 22.6. The molecule has 0 aliphatic heterocycles. The Morgan fingerprint density at radius 3 is 2.12 bits per heavy atom. The number of hydrogen-bond acceptors (Lipinski definition) is 5. The van der Waals surface area contributed by atoms with Crippen molar-refractivity contribution in [2.24, 2.45) is 0 Å². The molecule has 212 valence electrons. The van der Waals surface area contributed by atoms with Crippen molar-refractivity contribution in [3.63, 3.8) is 0 Å². The van der Waals surface area contributed by atoms with Crippen molar-refractivity contribution in [3.05, 3.63) is 130 Å². The number of alkyl halides is 3. The molecule has 0 N–H and O–H groups in total. The molecule has 4 aromatic carbocycles. The highest BCUT2D eigenvalue weighted by atomic mass is 19.4. The monoisotopic (exact) mass is 570 g/mol. The van der Waals surface area contributed by atoms with Crippen LogP contribution in [0.3, 0.4) is 0 Å². The molecule has 5 aromatic rings. The van der Waals surface area contributed by atoms with Gasteiger partial charge in [0.1, 0.15) is 17.1 Å². The van der Waals surface area contributed by atoms with Crippen LogP contribution in [-0.2, 0) is 11.0 Å². The number of carbonyl (C=O) groups is 1. The highest BCUT2D eigenvalue weighted by molar-refractivity contribution is 5.89. The number of halogens is 3. The average molecular weight is 571 g/mol. The number of ether oxygens (including phenoxy) is 2. The maximum absolute atomic E-state index is 14.0. The summed E-state index contributed by atoms with van der Waals surface area (Å²) in [5.41, 5.74) is 2.25. The lowest BCUT2D eigenvalue weighted by atomic mass is 10.0. The number of rotatable bonds is 7. The molecule has 1 aromatic heterocycles. The maximum atomic E-state index is 14.0. The van der Waals surface area contributed by atoms with Crippen molar-refractivity contribution < 1.29 is 31.9 Å². The van der Waals surface area contributed by atoms with Gasteiger partial charge in [0.05, 0.1) is 5.39 Å². The molecule has 1 heterocycles. The van der Waals surface area contributed by atoms with E-state index in [9.17, 15) is 22.8 Å². The van der Waals surface area contributed by atoms with Gasteiger partial charge in [-0.25, -0.2) is 4.79 Å². The number of benzene rings is 4. The molecule has 8 heteroatoms. The summed E-state index contributed by atoms with van der Waals surface area (Å²) in [5, 5.41) is -0.167. The van der Waals surface area contributed by atoms with Crippen molar-refractivity contribution in [2.45, 2.75) is 25.9 Å². The SMILES string of the molecule is CC(C)c1ccc(/C=C/C(=O)Oc2ccc3c(=O)c(Oc4ccc(-c5ccccc5)cc4)c(C(F)(F)F)oc3c2)cc1. The van der Waals surface area contributed by atoms with E-state index in [1.807, 2.05) is 54.6 Å². The fourth-order valence-corrected chi connectivity index (χ4v) is 4.27. The summed E-state index contributed by atoms with van der Waals surface area (Å²) in [7, 11) is 0. The first-order chi connectivity index (χ1) is 20.1. The second-order valence-corrected chi connectivity index (χ2v) is 9.81. The molecule has 5 nitrogen and oxygen atoms in total. The summed E-state index contributed by atoms with van der Waals surface area (Å²) in [4.78, 5) is 25.5. The quantitative estimate of drug-likeness (QED) is 0.111. The third-order valence-corrected chi connectivity index (χ3v) is 6.49. The largest absolute Gasteiger partial charge is 0.453 e. The van der Waals surface area contributed by atoms with Gasteiger partial charge in [-0.15, -0.1) is 0 Å². The topological polar surface area (TPSA) is 65.7 Å². The molecule has 5 rings (SSSR count). The second kappa shape index (κ2) is 11.8. The van der Waals surface area contributed by atoms with Gasteiger partial charge >= 0.3 is 12.1 Å². The van der Waals surface area contributed by atoms with Crippen molar-refractivity contribution in [2.75, 3.05) is 0 Å². The first-order valence-electron chi connectivity index (χ1n) is 13.1. The Bertz CT molecular complexity index is 1800. The minimum absolute atomic E-state index is 0.0306. The first-order valence-corrected chi connectivity index (χ1v) is 13.1. The van der Waals surface area contributed by atoms with Crippen LogP contribution < -0.4 is 14.9 Å².